The van der Waals surface area contributed by atoms with Crippen molar-refractivity contribution in [1.29, 1.82) is 0 Å². The monoisotopic (exact) mass is 228 g/mol. The Hall–Kier alpha value is -0.610. The third kappa shape index (κ3) is 4.94. The molecule has 94 valence electrons. The maximum absolute atomic E-state index is 11.3. The lowest BCUT2D eigenvalue weighted by Crippen LogP contribution is -2.46. The zero-order valence-corrected chi connectivity index (χ0v) is 10.4. The van der Waals surface area contributed by atoms with Gasteiger partial charge in [0.1, 0.15) is 0 Å². The molecule has 4 heteroatoms. The fourth-order valence-corrected chi connectivity index (χ4v) is 2.17. The Kier molecular flexibility index (Phi) is 5.22. The number of carbonyl (C=O) groups excluding carboxylic acids is 1. The summed E-state index contributed by atoms with van der Waals surface area (Å²) in [4.78, 5) is 11.3. The first kappa shape index (κ1) is 13.5. The second kappa shape index (κ2) is 6.21. The van der Waals surface area contributed by atoms with Crippen molar-refractivity contribution in [3.63, 3.8) is 0 Å². The van der Waals surface area contributed by atoms with Gasteiger partial charge >= 0.3 is 0 Å². The zero-order valence-electron chi connectivity index (χ0n) is 10.4. The molecule has 0 aromatic heterocycles. The highest BCUT2D eigenvalue weighted by Gasteiger charge is 2.28. The zero-order chi connectivity index (χ0) is 12.0. The third-order valence-electron chi connectivity index (χ3n) is 2.97. The smallest absolute Gasteiger partial charge is 0.234 e. The van der Waals surface area contributed by atoms with Crippen molar-refractivity contribution in [2.24, 2.45) is 0 Å². The molecule has 1 amide bonds. The van der Waals surface area contributed by atoms with Crippen molar-refractivity contribution in [2.45, 2.75) is 57.6 Å². The Morgan fingerprint density at radius 2 is 1.94 bits per heavy atom. The molecule has 1 aliphatic rings. The highest BCUT2D eigenvalue weighted by Crippen LogP contribution is 2.27. The molecule has 0 bridgehead atoms. The van der Waals surface area contributed by atoms with Crippen LogP contribution in [0.25, 0.3) is 0 Å². The summed E-state index contributed by atoms with van der Waals surface area (Å²) in [6.45, 7) is 4.69. The number of rotatable bonds is 5. The van der Waals surface area contributed by atoms with E-state index in [1.165, 1.54) is 6.42 Å². The summed E-state index contributed by atoms with van der Waals surface area (Å²) >= 11 is 0. The van der Waals surface area contributed by atoms with E-state index in [0.717, 1.165) is 25.7 Å². The van der Waals surface area contributed by atoms with Crippen LogP contribution in [0.1, 0.15) is 46.0 Å². The average molecular weight is 228 g/mol. The van der Waals surface area contributed by atoms with E-state index in [1.807, 2.05) is 13.8 Å². The van der Waals surface area contributed by atoms with Gasteiger partial charge < -0.3 is 15.7 Å². The molecule has 1 fully saturated rings. The predicted molar refractivity (Wildman–Crippen MR) is 64.2 cm³/mol. The molecule has 4 nitrogen and oxygen atoms in total. The van der Waals surface area contributed by atoms with Crippen molar-refractivity contribution >= 4 is 5.91 Å². The summed E-state index contributed by atoms with van der Waals surface area (Å²) in [7, 11) is 0. The van der Waals surface area contributed by atoms with Crippen LogP contribution in [0.2, 0.25) is 0 Å². The van der Waals surface area contributed by atoms with Gasteiger partial charge in [0.25, 0.3) is 0 Å². The fourth-order valence-electron chi connectivity index (χ4n) is 2.17. The van der Waals surface area contributed by atoms with Crippen molar-refractivity contribution in [2.75, 3.05) is 13.1 Å². The maximum atomic E-state index is 11.3. The molecular weight excluding hydrogens is 204 g/mol. The molecule has 16 heavy (non-hydrogen) atoms. The molecule has 0 heterocycles. The van der Waals surface area contributed by atoms with Crippen LogP contribution in [0.15, 0.2) is 0 Å². The average Bonchev–Trinajstić information content (AvgIpc) is 2.17. The summed E-state index contributed by atoms with van der Waals surface area (Å²) in [5.41, 5.74) is -0.587. The van der Waals surface area contributed by atoms with Crippen molar-refractivity contribution in [3.8, 4) is 0 Å². The van der Waals surface area contributed by atoms with E-state index in [1.54, 1.807) is 0 Å². The molecule has 0 saturated heterocycles. The molecule has 0 unspecified atom stereocenters. The minimum Gasteiger partial charge on any atom is -0.389 e. The van der Waals surface area contributed by atoms with E-state index in [-0.39, 0.29) is 11.9 Å². The molecule has 0 spiro atoms. The van der Waals surface area contributed by atoms with E-state index in [2.05, 4.69) is 10.6 Å². The lowest BCUT2D eigenvalue weighted by Gasteiger charge is -2.32. The SMILES string of the molecule is CC(C)NC(=O)CNCC1(O)CCCCC1. The number of aliphatic hydroxyl groups is 1. The molecule has 0 aromatic rings. The molecule has 0 radical (unpaired) electrons. The second-order valence-electron chi connectivity index (χ2n) is 5.11. The van der Waals surface area contributed by atoms with Crippen LogP contribution in [0.3, 0.4) is 0 Å². The van der Waals surface area contributed by atoms with Gasteiger partial charge in [-0.2, -0.15) is 0 Å². The standard InChI is InChI=1S/C12H24N2O2/c1-10(2)14-11(15)8-13-9-12(16)6-4-3-5-7-12/h10,13,16H,3-9H2,1-2H3,(H,14,15). The molecule has 3 N–H and O–H groups in total. The highest BCUT2D eigenvalue weighted by molar-refractivity contribution is 5.78. The van der Waals surface area contributed by atoms with Crippen molar-refractivity contribution < 1.29 is 9.90 Å². The van der Waals surface area contributed by atoms with Crippen LogP contribution < -0.4 is 10.6 Å². The molecular formula is C12H24N2O2. The van der Waals surface area contributed by atoms with E-state index in [4.69, 9.17) is 0 Å². The van der Waals surface area contributed by atoms with Gasteiger partial charge in [-0.3, -0.25) is 4.79 Å². The van der Waals surface area contributed by atoms with Gasteiger partial charge in [0.15, 0.2) is 0 Å². The van der Waals surface area contributed by atoms with Crippen LogP contribution in [-0.4, -0.2) is 35.7 Å². The van der Waals surface area contributed by atoms with Crippen LogP contribution in [0.5, 0.6) is 0 Å². The van der Waals surface area contributed by atoms with Crippen LogP contribution >= 0.6 is 0 Å². The molecule has 1 saturated carbocycles. The highest BCUT2D eigenvalue weighted by atomic mass is 16.3. The molecule has 0 aromatic carbocycles. The van der Waals surface area contributed by atoms with Crippen LogP contribution in [0, 0.1) is 0 Å². The summed E-state index contributed by atoms with van der Waals surface area (Å²) < 4.78 is 0. The normalized spacial score (nSPS) is 19.8. The number of hydrogen-bond donors (Lipinski definition) is 3. The van der Waals surface area contributed by atoms with Crippen molar-refractivity contribution in [1.82, 2.24) is 10.6 Å². The Labute approximate surface area is 97.8 Å². The number of carbonyl (C=O) groups is 1. The fraction of sp³-hybridized carbons (Fsp3) is 0.917. The first-order valence-corrected chi connectivity index (χ1v) is 6.24. The Bertz CT molecular complexity index is 223. The van der Waals surface area contributed by atoms with Gasteiger partial charge in [-0.25, -0.2) is 0 Å². The van der Waals surface area contributed by atoms with Crippen molar-refractivity contribution in [3.05, 3.63) is 0 Å². The molecule has 0 aliphatic heterocycles. The first-order chi connectivity index (χ1) is 7.52. The molecule has 0 atom stereocenters. The summed E-state index contributed by atoms with van der Waals surface area (Å²) in [6.07, 6.45) is 5.11. The Morgan fingerprint density at radius 1 is 1.31 bits per heavy atom. The summed E-state index contributed by atoms with van der Waals surface area (Å²) in [5.74, 6) is -0.00518. The van der Waals surface area contributed by atoms with E-state index >= 15 is 0 Å². The topological polar surface area (TPSA) is 61.4 Å². The summed E-state index contributed by atoms with van der Waals surface area (Å²) in [5, 5.41) is 16.0. The Balaban J connectivity index is 2.16. The number of amides is 1. The van der Waals surface area contributed by atoms with Gasteiger partial charge in [0.2, 0.25) is 5.91 Å². The Morgan fingerprint density at radius 3 is 2.50 bits per heavy atom. The third-order valence-corrected chi connectivity index (χ3v) is 2.97. The maximum Gasteiger partial charge on any atom is 0.234 e. The van der Waals surface area contributed by atoms with Gasteiger partial charge in [0.05, 0.1) is 12.1 Å². The van der Waals surface area contributed by atoms with Crippen LogP contribution in [0.4, 0.5) is 0 Å². The first-order valence-electron chi connectivity index (χ1n) is 6.24. The van der Waals surface area contributed by atoms with Gasteiger partial charge in [0, 0.05) is 12.6 Å². The van der Waals surface area contributed by atoms with E-state index < -0.39 is 5.60 Å². The second-order valence-corrected chi connectivity index (χ2v) is 5.11. The lowest BCUT2D eigenvalue weighted by atomic mass is 9.85. The summed E-state index contributed by atoms with van der Waals surface area (Å²) in [6, 6.07) is 0.173. The molecule has 1 rings (SSSR count). The minimum atomic E-state index is -0.587. The van der Waals surface area contributed by atoms with Gasteiger partial charge in [-0.15, -0.1) is 0 Å². The number of hydrogen-bond acceptors (Lipinski definition) is 3. The van der Waals surface area contributed by atoms with Gasteiger partial charge in [-0.1, -0.05) is 19.3 Å². The molecule has 1 aliphatic carbocycles. The number of nitrogens with one attached hydrogen (secondary N) is 2. The van der Waals surface area contributed by atoms with E-state index in [0.29, 0.717) is 13.1 Å². The quantitative estimate of drug-likeness (QED) is 0.652. The minimum absolute atomic E-state index is 0.00518. The van der Waals surface area contributed by atoms with Gasteiger partial charge in [-0.05, 0) is 26.7 Å². The van der Waals surface area contributed by atoms with E-state index in [9.17, 15) is 9.90 Å². The van der Waals surface area contributed by atoms with Crippen LogP contribution in [-0.2, 0) is 4.79 Å². The lowest BCUT2D eigenvalue weighted by molar-refractivity contribution is -0.120. The predicted octanol–water partition coefficient (Wildman–Crippen LogP) is 0.796. The largest absolute Gasteiger partial charge is 0.389 e.